The van der Waals surface area contributed by atoms with Gasteiger partial charge in [0.1, 0.15) is 12.4 Å². The molecule has 0 radical (unpaired) electrons. The summed E-state index contributed by atoms with van der Waals surface area (Å²) in [5.74, 6) is 0.281. The van der Waals surface area contributed by atoms with Crippen molar-refractivity contribution in [1.82, 2.24) is 14.9 Å². The summed E-state index contributed by atoms with van der Waals surface area (Å²) in [6.45, 7) is 6.45. The highest BCUT2D eigenvalue weighted by Gasteiger charge is 2.41. The van der Waals surface area contributed by atoms with E-state index in [9.17, 15) is 4.79 Å². The first kappa shape index (κ1) is 24.7. The molecular weight excluding hydrogens is 462 g/mol. The molecule has 3 aromatic rings. The molecule has 3 heterocycles. The molecule has 1 amide bonds. The summed E-state index contributed by atoms with van der Waals surface area (Å²) in [5, 5.41) is 6.92. The third kappa shape index (κ3) is 5.16. The number of anilines is 2. The van der Waals surface area contributed by atoms with Gasteiger partial charge < -0.3 is 29.6 Å². The molecule has 4 rings (SSSR count). The Labute approximate surface area is 211 Å². The van der Waals surface area contributed by atoms with Crippen molar-refractivity contribution in [3.8, 4) is 5.75 Å². The van der Waals surface area contributed by atoms with E-state index in [1.165, 1.54) is 7.11 Å². The summed E-state index contributed by atoms with van der Waals surface area (Å²) in [5.41, 5.74) is 3.30. The normalized spacial score (nSPS) is 17.9. The van der Waals surface area contributed by atoms with Gasteiger partial charge in [-0.15, -0.1) is 0 Å². The van der Waals surface area contributed by atoms with E-state index in [-0.39, 0.29) is 30.1 Å². The first-order chi connectivity index (χ1) is 16.7. The first-order valence-corrected chi connectivity index (χ1v) is 11.8. The van der Waals surface area contributed by atoms with Crippen molar-refractivity contribution < 1.29 is 14.3 Å². The summed E-state index contributed by atoms with van der Waals surface area (Å²) < 4.78 is 12.6. The zero-order chi connectivity index (χ0) is 25.2. The molecule has 0 spiro atoms. The van der Waals surface area contributed by atoms with Gasteiger partial charge in [-0.25, -0.2) is 0 Å². The van der Waals surface area contributed by atoms with Crippen LogP contribution in [0, 0.1) is 0 Å². The molecule has 2 N–H and O–H groups in total. The lowest BCUT2D eigenvalue weighted by atomic mass is 9.98. The van der Waals surface area contributed by atoms with Crippen molar-refractivity contribution in [3.05, 3.63) is 72.3 Å². The van der Waals surface area contributed by atoms with Gasteiger partial charge in [0.05, 0.1) is 30.6 Å². The molecule has 35 heavy (non-hydrogen) atoms. The van der Waals surface area contributed by atoms with E-state index in [1.54, 1.807) is 13.3 Å². The highest BCUT2D eigenvalue weighted by molar-refractivity contribution is 7.80. The predicted molar refractivity (Wildman–Crippen MR) is 141 cm³/mol. The number of nitrogens with zero attached hydrogens (tertiary/aromatic N) is 3. The van der Waals surface area contributed by atoms with E-state index in [2.05, 4.69) is 64.3 Å². The SMILES string of the molecule is COCC(=O)Nc1cc(N2C(=S)N[C@@H](c3ccccn3)[C@H]2c2ccn(C(C)(C)C)c2)ccc1OC. The molecule has 2 aromatic heterocycles. The summed E-state index contributed by atoms with van der Waals surface area (Å²) >= 11 is 5.83. The van der Waals surface area contributed by atoms with E-state index < -0.39 is 0 Å². The van der Waals surface area contributed by atoms with Crippen molar-refractivity contribution in [2.24, 2.45) is 0 Å². The van der Waals surface area contributed by atoms with Gasteiger partial charge in [-0.2, -0.15) is 0 Å². The Hall–Kier alpha value is -3.43. The van der Waals surface area contributed by atoms with Gasteiger partial charge in [0.25, 0.3) is 0 Å². The number of rotatable bonds is 7. The minimum atomic E-state index is -0.268. The van der Waals surface area contributed by atoms with Crippen LogP contribution in [0.25, 0.3) is 0 Å². The third-order valence-corrected chi connectivity index (χ3v) is 6.26. The van der Waals surface area contributed by atoms with Gasteiger partial charge in [-0.05, 0) is 75.0 Å². The van der Waals surface area contributed by atoms with Crippen molar-refractivity contribution >= 4 is 34.6 Å². The van der Waals surface area contributed by atoms with Crippen LogP contribution in [-0.2, 0) is 15.1 Å². The van der Waals surface area contributed by atoms with Crippen LogP contribution < -0.4 is 20.3 Å². The van der Waals surface area contributed by atoms with Gasteiger partial charge >= 0.3 is 0 Å². The van der Waals surface area contributed by atoms with E-state index >= 15 is 0 Å². The molecule has 0 unspecified atom stereocenters. The summed E-state index contributed by atoms with van der Waals surface area (Å²) in [6, 6.07) is 13.3. The Morgan fingerprint density at radius 1 is 1.20 bits per heavy atom. The van der Waals surface area contributed by atoms with Gasteiger partial charge in [-0.1, -0.05) is 6.07 Å². The summed E-state index contributed by atoms with van der Waals surface area (Å²) in [4.78, 5) is 18.9. The number of thiocarbonyl (C=S) groups is 1. The molecule has 0 saturated carbocycles. The fraction of sp³-hybridized carbons (Fsp3) is 0.346. The molecule has 2 atom stereocenters. The number of aromatic nitrogens is 2. The zero-order valence-corrected chi connectivity index (χ0v) is 21.4. The smallest absolute Gasteiger partial charge is 0.250 e. The van der Waals surface area contributed by atoms with E-state index in [0.717, 1.165) is 16.9 Å². The highest BCUT2D eigenvalue weighted by atomic mass is 32.1. The second kappa shape index (κ2) is 10.1. The number of nitrogens with one attached hydrogen (secondary N) is 2. The maximum atomic E-state index is 12.2. The maximum absolute atomic E-state index is 12.2. The van der Waals surface area contributed by atoms with Gasteiger partial charge in [0, 0.05) is 36.9 Å². The lowest BCUT2D eigenvalue weighted by molar-refractivity contribution is -0.119. The zero-order valence-electron chi connectivity index (χ0n) is 20.6. The van der Waals surface area contributed by atoms with Crippen molar-refractivity contribution in [1.29, 1.82) is 0 Å². The van der Waals surface area contributed by atoms with Crippen LogP contribution in [0.4, 0.5) is 11.4 Å². The summed E-state index contributed by atoms with van der Waals surface area (Å²) in [6.07, 6.45) is 6.04. The van der Waals surface area contributed by atoms with Crippen molar-refractivity contribution in [2.75, 3.05) is 31.0 Å². The number of methoxy groups -OCH3 is 2. The van der Waals surface area contributed by atoms with E-state index in [0.29, 0.717) is 16.5 Å². The number of carbonyl (C=O) groups excluding carboxylic acids is 1. The van der Waals surface area contributed by atoms with E-state index in [4.69, 9.17) is 21.7 Å². The quantitative estimate of drug-likeness (QED) is 0.472. The Kier molecular flexibility index (Phi) is 7.09. The average molecular weight is 494 g/mol. The molecule has 184 valence electrons. The molecule has 1 fully saturated rings. The monoisotopic (exact) mass is 493 g/mol. The number of hydrogen-bond acceptors (Lipinski definition) is 5. The fourth-order valence-electron chi connectivity index (χ4n) is 4.24. The number of pyridine rings is 1. The molecule has 0 aliphatic carbocycles. The Morgan fingerprint density at radius 3 is 2.63 bits per heavy atom. The Balaban J connectivity index is 1.79. The topological polar surface area (TPSA) is 80.7 Å². The van der Waals surface area contributed by atoms with Crippen LogP contribution in [0.2, 0.25) is 0 Å². The number of benzene rings is 1. The standard InChI is InChI=1S/C26H31N5O3S/c1-26(2,3)30-13-11-17(15-30)24-23(19-8-6-7-12-27-19)29-25(35)31(24)18-9-10-21(34-5)20(14-18)28-22(32)16-33-4/h6-15,23-24H,16H2,1-5H3,(H,28,32)(H,29,35)/t23-,24+/m0/s1. The Morgan fingerprint density at radius 2 is 2.00 bits per heavy atom. The summed E-state index contributed by atoms with van der Waals surface area (Å²) in [7, 11) is 3.05. The first-order valence-electron chi connectivity index (χ1n) is 11.4. The second-order valence-corrected chi connectivity index (χ2v) is 9.77. The molecular formula is C26H31N5O3S. The number of amides is 1. The van der Waals surface area contributed by atoms with Gasteiger partial charge in [0.2, 0.25) is 5.91 Å². The van der Waals surface area contributed by atoms with Crippen molar-refractivity contribution in [2.45, 2.75) is 38.4 Å². The lowest BCUT2D eigenvalue weighted by Crippen LogP contribution is -2.29. The second-order valence-electron chi connectivity index (χ2n) is 9.39. The predicted octanol–water partition coefficient (Wildman–Crippen LogP) is 4.41. The lowest BCUT2D eigenvalue weighted by Gasteiger charge is -2.28. The van der Waals surface area contributed by atoms with Crippen LogP contribution in [0.3, 0.4) is 0 Å². The molecule has 1 aliphatic rings. The van der Waals surface area contributed by atoms with Crippen LogP contribution in [0.1, 0.15) is 44.1 Å². The van der Waals surface area contributed by atoms with Gasteiger partial charge in [-0.3, -0.25) is 9.78 Å². The fourth-order valence-corrected chi connectivity index (χ4v) is 4.58. The Bertz CT molecular complexity index is 1210. The number of carbonyl (C=O) groups is 1. The van der Waals surface area contributed by atoms with Crippen LogP contribution in [-0.4, -0.2) is 41.4 Å². The average Bonchev–Trinajstić information content (AvgIpc) is 3.44. The van der Waals surface area contributed by atoms with E-state index in [1.807, 2.05) is 36.4 Å². The molecule has 1 saturated heterocycles. The van der Waals surface area contributed by atoms with Crippen LogP contribution in [0.5, 0.6) is 5.75 Å². The highest BCUT2D eigenvalue weighted by Crippen LogP contribution is 2.43. The molecule has 8 nitrogen and oxygen atoms in total. The van der Waals surface area contributed by atoms with Crippen LogP contribution in [0.15, 0.2) is 61.1 Å². The van der Waals surface area contributed by atoms with Crippen LogP contribution >= 0.6 is 12.2 Å². The third-order valence-electron chi connectivity index (χ3n) is 5.94. The van der Waals surface area contributed by atoms with Crippen molar-refractivity contribution in [3.63, 3.8) is 0 Å². The molecule has 1 aliphatic heterocycles. The maximum Gasteiger partial charge on any atom is 0.250 e. The largest absolute Gasteiger partial charge is 0.495 e. The van der Waals surface area contributed by atoms with Gasteiger partial charge in [0.15, 0.2) is 5.11 Å². The minimum Gasteiger partial charge on any atom is -0.495 e. The molecule has 9 heteroatoms. The number of hydrogen-bond donors (Lipinski definition) is 2. The molecule has 0 bridgehead atoms. The minimum absolute atomic E-state index is 0.0538. The molecule has 1 aromatic carbocycles. The number of ether oxygens (including phenoxy) is 2.